The highest BCUT2D eigenvalue weighted by Crippen LogP contribution is 2.24. The number of piperazine rings is 1. The largest absolute Gasteiger partial charge is 0.378 e. The number of fused-ring (bicyclic) bond motifs is 1. The summed E-state index contributed by atoms with van der Waals surface area (Å²) >= 11 is 0. The number of rotatable bonds is 3. The number of nitrogens with zero attached hydrogens (tertiary/aromatic N) is 8. The number of aryl methyl sites for hydroxylation is 1. The zero-order valence-electron chi connectivity index (χ0n) is 16.5. The molecule has 3 aromatic heterocycles. The van der Waals surface area contributed by atoms with Crippen molar-refractivity contribution < 1.29 is 4.74 Å². The molecule has 0 atom stereocenters. The first-order valence-corrected chi connectivity index (χ1v) is 10.0. The Labute approximate surface area is 169 Å². The van der Waals surface area contributed by atoms with Crippen LogP contribution >= 0.6 is 0 Å². The minimum Gasteiger partial charge on any atom is -0.378 e. The molecule has 2 aliphatic heterocycles. The Morgan fingerprint density at radius 3 is 2.48 bits per heavy atom. The van der Waals surface area contributed by atoms with E-state index < -0.39 is 0 Å². The van der Waals surface area contributed by atoms with Gasteiger partial charge in [0, 0.05) is 57.2 Å². The van der Waals surface area contributed by atoms with E-state index in [2.05, 4.69) is 35.7 Å². The van der Waals surface area contributed by atoms with E-state index in [0.717, 1.165) is 86.8 Å². The number of aromatic nitrogens is 5. The van der Waals surface area contributed by atoms with E-state index in [-0.39, 0.29) is 0 Å². The van der Waals surface area contributed by atoms with Gasteiger partial charge in [0.2, 0.25) is 5.95 Å². The highest BCUT2D eigenvalue weighted by molar-refractivity contribution is 5.86. The Balaban J connectivity index is 1.33. The summed E-state index contributed by atoms with van der Waals surface area (Å²) in [6.07, 6.45) is 3.35. The lowest BCUT2D eigenvalue weighted by molar-refractivity contribution is 0.122. The topological polar surface area (TPSA) is 83.4 Å². The highest BCUT2D eigenvalue weighted by Gasteiger charge is 2.23. The molecule has 0 bridgehead atoms. The summed E-state index contributed by atoms with van der Waals surface area (Å²) in [6.45, 7) is 8.67. The second kappa shape index (κ2) is 7.75. The van der Waals surface area contributed by atoms with E-state index in [1.54, 1.807) is 12.5 Å². The molecular weight excluding hydrogens is 368 g/mol. The van der Waals surface area contributed by atoms with Crippen LogP contribution in [0.15, 0.2) is 30.7 Å². The van der Waals surface area contributed by atoms with Crippen LogP contribution in [0.5, 0.6) is 0 Å². The van der Waals surface area contributed by atoms with E-state index in [1.165, 1.54) is 0 Å². The van der Waals surface area contributed by atoms with E-state index in [4.69, 9.17) is 14.7 Å². The van der Waals surface area contributed by atoms with Crippen molar-refractivity contribution in [2.24, 2.45) is 0 Å². The summed E-state index contributed by atoms with van der Waals surface area (Å²) in [4.78, 5) is 29.5. The van der Waals surface area contributed by atoms with Crippen LogP contribution in [0.2, 0.25) is 0 Å². The number of hydrogen-bond donors (Lipinski definition) is 0. The summed E-state index contributed by atoms with van der Waals surface area (Å²) in [5, 5.41) is 0.991. The van der Waals surface area contributed by atoms with Gasteiger partial charge in [-0.2, -0.15) is 4.98 Å². The van der Waals surface area contributed by atoms with Gasteiger partial charge in [0.25, 0.3) is 0 Å². The van der Waals surface area contributed by atoms with Crippen LogP contribution in [0.1, 0.15) is 5.69 Å². The van der Waals surface area contributed by atoms with Crippen LogP contribution in [-0.2, 0) is 4.74 Å². The van der Waals surface area contributed by atoms with Gasteiger partial charge in [-0.1, -0.05) is 0 Å². The fourth-order valence-electron chi connectivity index (χ4n) is 3.88. The summed E-state index contributed by atoms with van der Waals surface area (Å²) in [6, 6.07) is 6.02. The van der Waals surface area contributed by atoms with E-state index in [0.29, 0.717) is 0 Å². The zero-order chi connectivity index (χ0) is 19.6. The van der Waals surface area contributed by atoms with Crippen LogP contribution in [0.3, 0.4) is 0 Å². The van der Waals surface area contributed by atoms with E-state index >= 15 is 0 Å². The van der Waals surface area contributed by atoms with Crippen LogP contribution in [0, 0.1) is 6.92 Å². The molecule has 9 heteroatoms. The number of morpholine rings is 1. The normalized spacial score (nSPS) is 17.8. The van der Waals surface area contributed by atoms with Crippen molar-refractivity contribution in [1.29, 1.82) is 0 Å². The third-order valence-electron chi connectivity index (χ3n) is 5.41. The minimum absolute atomic E-state index is 0.733. The Hall–Kier alpha value is -3.07. The molecule has 2 aliphatic rings. The molecule has 0 saturated carbocycles. The van der Waals surface area contributed by atoms with Gasteiger partial charge in [0.05, 0.1) is 18.6 Å². The predicted octanol–water partition coefficient (Wildman–Crippen LogP) is 1.29. The second-order valence-corrected chi connectivity index (χ2v) is 7.31. The molecule has 0 aliphatic carbocycles. The molecule has 0 N–H and O–H groups in total. The van der Waals surface area contributed by atoms with Crippen molar-refractivity contribution in [3.63, 3.8) is 0 Å². The van der Waals surface area contributed by atoms with Crippen LogP contribution in [0.25, 0.3) is 11.0 Å². The predicted molar refractivity (Wildman–Crippen MR) is 112 cm³/mol. The summed E-state index contributed by atoms with van der Waals surface area (Å²) in [5.74, 6) is 2.74. The summed E-state index contributed by atoms with van der Waals surface area (Å²) in [5.41, 5.74) is 1.73. The second-order valence-electron chi connectivity index (χ2n) is 7.31. The van der Waals surface area contributed by atoms with Crippen LogP contribution in [0.4, 0.5) is 17.6 Å². The number of ether oxygens (including phenoxy) is 1. The molecule has 2 saturated heterocycles. The molecule has 5 heterocycles. The van der Waals surface area contributed by atoms with Crippen molar-refractivity contribution >= 4 is 28.6 Å². The Kier molecular flexibility index (Phi) is 4.81. The number of pyridine rings is 1. The lowest BCUT2D eigenvalue weighted by Gasteiger charge is -2.36. The molecule has 0 amide bonds. The molecule has 5 rings (SSSR count). The molecule has 0 aromatic carbocycles. The molecule has 0 radical (unpaired) electrons. The van der Waals surface area contributed by atoms with Crippen molar-refractivity contribution in [2.75, 3.05) is 67.2 Å². The number of hydrogen-bond acceptors (Lipinski definition) is 9. The van der Waals surface area contributed by atoms with Gasteiger partial charge in [-0.15, -0.1) is 0 Å². The van der Waals surface area contributed by atoms with Gasteiger partial charge < -0.3 is 19.4 Å². The monoisotopic (exact) mass is 392 g/mol. The van der Waals surface area contributed by atoms with Crippen molar-refractivity contribution in [3.8, 4) is 0 Å². The lowest BCUT2D eigenvalue weighted by atomic mass is 10.2. The van der Waals surface area contributed by atoms with E-state index in [9.17, 15) is 0 Å². The van der Waals surface area contributed by atoms with Crippen molar-refractivity contribution in [1.82, 2.24) is 24.9 Å². The summed E-state index contributed by atoms with van der Waals surface area (Å²) in [7, 11) is 0. The van der Waals surface area contributed by atoms with Crippen LogP contribution in [-0.4, -0.2) is 77.4 Å². The van der Waals surface area contributed by atoms with Gasteiger partial charge in [-0.25, -0.2) is 19.9 Å². The average Bonchev–Trinajstić information content (AvgIpc) is 2.79. The van der Waals surface area contributed by atoms with E-state index in [1.807, 2.05) is 19.1 Å². The molecule has 2 fully saturated rings. The first-order valence-electron chi connectivity index (χ1n) is 10.0. The van der Waals surface area contributed by atoms with Gasteiger partial charge in [0.15, 0.2) is 5.65 Å². The standard InChI is InChI=1S/C20H24N8O/c1-15-13-17(26-9-11-29-12-10-26)25-20(24-15)28-7-5-27(6-8-28)19-16-3-2-4-21-18(16)22-14-23-19/h2-4,13-14H,5-12H2,1H3. The molecule has 0 unspecified atom stereocenters. The van der Waals surface area contributed by atoms with Gasteiger partial charge in [-0.3, -0.25) is 0 Å². The SMILES string of the molecule is Cc1cc(N2CCOCC2)nc(N2CCN(c3ncnc4ncccc34)CC2)n1. The smallest absolute Gasteiger partial charge is 0.227 e. The lowest BCUT2D eigenvalue weighted by Crippen LogP contribution is -2.47. The molecule has 9 nitrogen and oxygen atoms in total. The van der Waals surface area contributed by atoms with Crippen molar-refractivity contribution in [2.45, 2.75) is 6.92 Å². The molecule has 150 valence electrons. The van der Waals surface area contributed by atoms with Gasteiger partial charge in [-0.05, 0) is 19.1 Å². The maximum atomic E-state index is 5.47. The highest BCUT2D eigenvalue weighted by atomic mass is 16.5. The summed E-state index contributed by atoms with van der Waals surface area (Å²) < 4.78 is 5.47. The Morgan fingerprint density at radius 2 is 1.66 bits per heavy atom. The van der Waals surface area contributed by atoms with Crippen molar-refractivity contribution in [3.05, 3.63) is 36.4 Å². The maximum Gasteiger partial charge on any atom is 0.227 e. The zero-order valence-corrected chi connectivity index (χ0v) is 16.5. The molecule has 29 heavy (non-hydrogen) atoms. The third-order valence-corrected chi connectivity index (χ3v) is 5.41. The molecular formula is C20H24N8O. The first-order chi connectivity index (χ1) is 14.3. The third kappa shape index (κ3) is 3.65. The average molecular weight is 392 g/mol. The fraction of sp³-hybridized carbons (Fsp3) is 0.450. The van der Waals surface area contributed by atoms with Crippen LogP contribution < -0.4 is 14.7 Å². The molecule has 0 spiro atoms. The quantitative estimate of drug-likeness (QED) is 0.654. The van der Waals surface area contributed by atoms with Gasteiger partial charge >= 0.3 is 0 Å². The minimum atomic E-state index is 0.733. The first kappa shape index (κ1) is 18.0. The maximum absolute atomic E-state index is 5.47. The van der Waals surface area contributed by atoms with Gasteiger partial charge in [0.1, 0.15) is 18.0 Å². The number of anilines is 3. The molecule has 3 aromatic rings. The fourth-order valence-corrected chi connectivity index (χ4v) is 3.88. The Morgan fingerprint density at radius 1 is 0.862 bits per heavy atom. The Bertz CT molecular complexity index is 993.